The van der Waals surface area contributed by atoms with Crippen molar-refractivity contribution in [1.29, 1.82) is 0 Å². The van der Waals surface area contributed by atoms with Crippen LogP contribution in [-0.4, -0.2) is 67.9 Å². The molecule has 1 N–H and O–H groups in total. The van der Waals surface area contributed by atoms with E-state index in [1.807, 2.05) is 0 Å². The summed E-state index contributed by atoms with van der Waals surface area (Å²) in [5.74, 6) is 2.54. The van der Waals surface area contributed by atoms with Crippen molar-refractivity contribution in [3.63, 3.8) is 0 Å². The summed E-state index contributed by atoms with van der Waals surface area (Å²) >= 11 is 0. The third-order valence-corrected chi connectivity index (χ3v) is 7.16. The molecule has 144 valence electrons. The highest BCUT2D eigenvalue weighted by atomic mass is 16.1. The smallest absolute Gasteiger partial charge is 0.132 e. The minimum atomic E-state index is 0.369. The predicted octanol–water partition coefficient (Wildman–Crippen LogP) is 2.78. The van der Waals surface area contributed by atoms with Crippen LogP contribution < -0.4 is 5.32 Å². The van der Waals surface area contributed by atoms with Gasteiger partial charge in [0.05, 0.1) is 0 Å². The number of nitrogens with one attached hydrogen (secondary N) is 1. The second kappa shape index (κ2) is 9.48. The molecule has 0 aromatic carbocycles. The number of carbonyl (C=O) groups excluding carboxylic acids is 1. The Morgan fingerprint density at radius 1 is 0.800 bits per heavy atom. The zero-order valence-corrected chi connectivity index (χ0v) is 16.5. The number of carbonyl (C=O) groups is 1. The Morgan fingerprint density at radius 3 is 1.76 bits per heavy atom. The van der Waals surface area contributed by atoms with Gasteiger partial charge < -0.3 is 15.1 Å². The van der Waals surface area contributed by atoms with E-state index in [9.17, 15) is 4.79 Å². The molecule has 0 aromatic rings. The molecule has 2 saturated heterocycles. The van der Waals surface area contributed by atoms with Crippen molar-refractivity contribution < 1.29 is 4.79 Å². The third kappa shape index (κ3) is 5.77. The average molecular weight is 350 g/mol. The number of nitrogens with zero attached hydrogens (tertiary/aromatic N) is 2. The molecule has 0 atom stereocenters. The first-order valence-electron chi connectivity index (χ1n) is 10.8. The standard InChI is InChI=1S/C21H39N3O/c1-17(25)20-5-3-18(4-6-20)15-23-11-7-19(8-12-23)16-24-13-9-21(22-2)10-14-24/h18-22H,3-16H2,1-2H3. The molecule has 3 aliphatic rings. The maximum absolute atomic E-state index is 11.5. The molecule has 2 heterocycles. The molecule has 0 bridgehead atoms. The van der Waals surface area contributed by atoms with Crippen molar-refractivity contribution in [1.82, 2.24) is 15.1 Å². The molecule has 0 amide bonds. The SMILES string of the molecule is CNC1CCN(CC2CCN(CC3CCC(C(C)=O)CC3)CC2)CC1. The molecule has 3 fully saturated rings. The Labute approximate surface area is 154 Å². The molecule has 3 rings (SSSR count). The fourth-order valence-corrected chi connectivity index (χ4v) is 5.24. The van der Waals surface area contributed by atoms with Crippen LogP contribution in [0, 0.1) is 17.8 Å². The predicted molar refractivity (Wildman–Crippen MR) is 104 cm³/mol. The Hall–Kier alpha value is -0.450. The third-order valence-electron chi connectivity index (χ3n) is 7.16. The molecular formula is C21H39N3O. The van der Waals surface area contributed by atoms with E-state index < -0.39 is 0 Å². The lowest BCUT2D eigenvalue weighted by Crippen LogP contribution is -2.45. The van der Waals surface area contributed by atoms with Gasteiger partial charge in [-0.05, 0) is 103 Å². The van der Waals surface area contributed by atoms with Crippen molar-refractivity contribution in [3.8, 4) is 0 Å². The van der Waals surface area contributed by atoms with E-state index in [-0.39, 0.29) is 0 Å². The molecule has 1 saturated carbocycles. The van der Waals surface area contributed by atoms with E-state index in [2.05, 4.69) is 22.2 Å². The Morgan fingerprint density at radius 2 is 1.28 bits per heavy atom. The van der Waals surface area contributed by atoms with Crippen LogP contribution in [0.15, 0.2) is 0 Å². The zero-order chi connectivity index (χ0) is 17.6. The van der Waals surface area contributed by atoms with E-state index in [0.29, 0.717) is 11.7 Å². The summed E-state index contributed by atoms with van der Waals surface area (Å²) in [6.45, 7) is 9.54. The summed E-state index contributed by atoms with van der Waals surface area (Å²) in [5.41, 5.74) is 0. The topological polar surface area (TPSA) is 35.6 Å². The quantitative estimate of drug-likeness (QED) is 0.800. The van der Waals surface area contributed by atoms with Gasteiger partial charge >= 0.3 is 0 Å². The lowest BCUT2D eigenvalue weighted by Gasteiger charge is -2.39. The molecule has 0 aromatic heterocycles. The molecule has 1 aliphatic carbocycles. The molecular weight excluding hydrogens is 310 g/mol. The first-order valence-corrected chi connectivity index (χ1v) is 10.8. The number of piperidine rings is 2. The summed E-state index contributed by atoms with van der Waals surface area (Å²) in [6.07, 6.45) is 10.2. The minimum absolute atomic E-state index is 0.369. The maximum Gasteiger partial charge on any atom is 0.132 e. The molecule has 0 spiro atoms. The van der Waals surface area contributed by atoms with Gasteiger partial charge in [0.1, 0.15) is 5.78 Å². The van der Waals surface area contributed by atoms with Gasteiger partial charge in [0, 0.05) is 25.0 Å². The van der Waals surface area contributed by atoms with Gasteiger partial charge in [0.2, 0.25) is 0 Å². The van der Waals surface area contributed by atoms with Crippen LogP contribution in [0.1, 0.15) is 58.3 Å². The number of Topliss-reactive ketones (excluding diaryl/α,β-unsaturated/α-hetero) is 1. The summed E-state index contributed by atoms with van der Waals surface area (Å²) in [6, 6.07) is 0.746. The van der Waals surface area contributed by atoms with Crippen LogP contribution in [0.4, 0.5) is 0 Å². The molecule has 0 radical (unpaired) electrons. The molecule has 2 aliphatic heterocycles. The van der Waals surface area contributed by atoms with E-state index in [0.717, 1.165) is 30.7 Å². The molecule has 25 heavy (non-hydrogen) atoms. The van der Waals surface area contributed by atoms with Gasteiger partial charge in [0.25, 0.3) is 0 Å². The van der Waals surface area contributed by atoms with Crippen LogP contribution >= 0.6 is 0 Å². The first kappa shape index (κ1) is 19.3. The number of hydrogen-bond acceptors (Lipinski definition) is 4. The summed E-state index contributed by atoms with van der Waals surface area (Å²) in [4.78, 5) is 16.9. The van der Waals surface area contributed by atoms with Crippen LogP contribution in [0.2, 0.25) is 0 Å². The van der Waals surface area contributed by atoms with Gasteiger partial charge in [-0.1, -0.05) is 0 Å². The summed E-state index contributed by atoms with van der Waals surface area (Å²) in [7, 11) is 2.10. The lowest BCUT2D eigenvalue weighted by atomic mass is 9.80. The summed E-state index contributed by atoms with van der Waals surface area (Å²) < 4.78 is 0. The second-order valence-electron chi connectivity index (χ2n) is 8.94. The van der Waals surface area contributed by atoms with Crippen LogP contribution in [0.5, 0.6) is 0 Å². The van der Waals surface area contributed by atoms with Gasteiger partial charge in [-0.2, -0.15) is 0 Å². The Bertz CT molecular complexity index is 403. The lowest BCUT2D eigenvalue weighted by molar-refractivity contribution is -0.121. The largest absolute Gasteiger partial charge is 0.317 e. The monoisotopic (exact) mass is 349 g/mol. The molecule has 4 nitrogen and oxygen atoms in total. The van der Waals surface area contributed by atoms with E-state index in [1.165, 1.54) is 77.8 Å². The number of likely N-dealkylation sites (tertiary alicyclic amines) is 2. The van der Waals surface area contributed by atoms with Crippen molar-refractivity contribution in [2.75, 3.05) is 46.3 Å². The Kier molecular flexibility index (Phi) is 7.32. The van der Waals surface area contributed by atoms with Gasteiger partial charge in [-0.15, -0.1) is 0 Å². The van der Waals surface area contributed by atoms with E-state index in [4.69, 9.17) is 0 Å². The van der Waals surface area contributed by atoms with Crippen LogP contribution in [0.25, 0.3) is 0 Å². The second-order valence-corrected chi connectivity index (χ2v) is 8.94. The highest BCUT2D eigenvalue weighted by Crippen LogP contribution is 2.31. The molecule has 0 unspecified atom stereocenters. The highest BCUT2D eigenvalue weighted by Gasteiger charge is 2.28. The van der Waals surface area contributed by atoms with Gasteiger partial charge in [0.15, 0.2) is 0 Å². The van der Waals surface area contributed by atoms with Crippen LogP contribution in [-0.2, 0) is 4.79 Å². The first-order chi connectivity index (χ1) is 12.1. The normalized spacial score (nSPS) is 31.3. The van der Waals surface area contributed by atoms with Crippen molar-refractivity contribution in [2.45, 2.75) is 64.3 Å². The Balaban J connectivity index is 1.31. The van der Waals surface area contributed by atoms with Crippen molar-refractivity contribution >= 4 is 5.78 Å². The van der Waals surface area contributed by atoms with Crippen molar-refractivity contribution in [2.24, 2.45) is 17.8 Å². The fourth-order valence-electron chi connectivity index (χ4n) is 5.24. The number of rotatable bonds is 6. The number of ketones is 1. The van der Waals surface area contributed by atoms with Gasteiger partial charge in [-0.25, -0.2) is 0 Å². The fraction of sp³-hybridized carbons (Fsp3) is 0.952. The minimum Gasteiger partial charge on any atom is -0.317 e. The number of hydrogen-bond donors (Lipinski definition) is 1. The van der Waals surface area contributed by atoms with E-state index >= 15 is 0 Å². The maximum atomic E-state index is 11.5. The highest BCUT2D eigenvalue weighted by molar-refractivity contribution is 5.78. The zero-order valence-electron chi connectivity index (χ0n) is 16.5. The van der Waals surface area contributed by atoms with E-state index in [1.54, 1.807) is 6.92 Å². The average Bonchev–Trinajstić information content (AvgIpc) is 2.64. The van der Waals surface area contributed by atoms with Crippen molar-refractivity contribution in [3.05, 3.63) is 0 Å². The van der Waals surface area contributed by atoms with Gasteiger partial charge in [-0.3, -0.25) is 4.79 Å². The summed E-state index contributed by atoms with van der Waals surface area (Å²) in [5, 5.41) is 3.43. The molecule has 4 heteroatoms. The van der Waals surface area contributed by atoms with Crippen LogP contribution in [0.3, 0.4) is 0 Å².